The van der Waals surface area contributed by atoms with Crippen LogP contribution >= 0.6 is 0 Å². The van der Waals surface area contributed by atoms with E-state index in [2.05, 4.69) is 181 Å². The van der Waals surface area contributed by atoms with Gasteiger partial charge in [0.05, 0.1) is 13.2 Å². The summed E-state index contributed by atoms with van der Waals surface area (Å²) in [5, 5.41) is 10.9. The van der Waals surface area contributed by atoms with Gasteiger partial charge in [0.25, 0.3) is 0 Å². The Balaban J connectivity index is 0.00000436. The fraction of sp³-hybridized carbons (Fsp3) is 0.440. The first-order valence-corrected chi connectivity index (χ1v) is 22.0. The van der Waals surface area contributed by atoms with Crippen LogP contribution in [0.1, 0.15) is 51.4 Å². The minimum Gasteiger partial charge on any atom is -1.00 e. The van der Waals surface area contributed by atoms with Crippen LogP contribution in [-0.2, 0) is 27.4 Å². The molecule has 0 unspecified atom stereocenters. The van der Waals surface area contributed by atoms with Crippen LogP contribution in [0.4, 0.5) is 22.7 Å². The van der Waals surface area contributed by atoms with E-state index in [-0.39, 0.29) is 59.8 Å². The number of carbonyl (C=O) groups excluding carboxylic acids is 2. The SMILES string of the molecule is CN(C)c1ccc2cc3ccc(N(C)C)cc3[n+](CCCCCC(=O)NCCOCCNC(=O)CCCCC[n+]3c4cc(N(C)C)ccc4cc4ccc(N(C)C)cc43)c2c1.[I-].[I-]. The zero-order valence-electron chi connectivity index (χ0n) is 38.6. The largest absolute Gasteiger partial charge is 1.00 e. The minimum absolute atomic E-state index is 0. The lowest BCUT2D eigenvalue weighted by atomic mass is 10.1. The third-order valence-corrected chi connectivity index (χ3v) is 11.6. The monoisotopic (exact) mass is 1080 g/mol. The summed E-state index contributed by atoms with van der Waals surface area (Å²) in [4.78, 5) is 33.7. The van der Waals surface area contributed by atoms with Gasteiger partial charge in [0, 0.05) is 164 Å². The van der Waals surface area contributed by atoms with Crippen molar-refractivity contribution < 1.29 is 71.4 Å². The molecule has 0 spiro atoms. The standard InChI is InChI=1S/C50H66N8O3.2HI/c1-53(2)41-21-17-37-31-38-18-22-42(54(3)4)34-46(38)57(45(37)33-41)27-13-9-11-15-49(59)51-25-29-61-30-26-52-50(60)16-12-10-14-28-58-47-35-43(55(5)6)23-19-39(47)32-40-20-24-44(56(7)8)36-48(40)58;;/h17-24,31-36H,9-16,25-30H2,1-8H3;2*1H. The topological polar surface area (TPSA) is 88.1 Å². The number of pyridine rings is 2. The summed E-state index contributed by atoms with van der Waals surface area (Å²) in [7, 11) is 16.6. The highest BCUT2D eigenvalue weighted by Crippen LogP contribution is 2.27. The molecule has 0 saturated heterocycles. The molecule has 0 radical (unpaired) electrons. The van der Waals surface area contributed by atoms with Gasteiger partial charge in [-0.25, -0.2) is 0 Å². The van der Waals surface area contributed by atoms with Gasteiger partial charge in [-0.05, 0) is 86.3 Å². The third-order valence-electron chi connectivity index (χ3n) is 11.6. The molecule has 6 aromatic rings. The zero-order chi connectivity index (χ0) is 43.5. The second kappa shape index (κ2) is 24.7. The average molecular weight is 1080 g/mol. The van der Waals surface area contributed by atoms with Crippen LogP contribution in [0.2, 0.25) is 0 Å². The Morgan fingerprint density at radius 2 is 0.746 bits per heavy atom. The Kier molecular flexibility index (Phi) is 20.2. The highest BCUT2D eigenvalue weighted by Gasteiger charge is 2.19. The molecule has 0 saturated carbocycles. The maximum absolute atomic E-state index is 12.6. The minimum atomic E-state index is 0. The molecule has 0 bridgehead atoms. The lowest BCUT2D eigenvalue weighted by Gasteiger charge is -2.15. The van der Waals surface area contributed by atoms with Crippen molar-refractivity contribution >= 4 is 78.2 Å². The second-order valence-corrected chi connectivity index (χ2v) is 17.1. The zero-order valence-corrected chi connectivity index (χ0v) is 43.0. The summed E-state index contributed by atoms with van der Waals surface area (Å²) in [5.41, 5.74) is 9.60. The van der Waals surface area contributed by atoms with E-state index in [9.17, 15) is 9.59 Å². The number of benzene rings is 4. The Hall–Kier alpha value is -4.22. The van der Waals surface area contributed by atoms with E-state index in [1.54, 1.807) is 0 Å². The summed E-state index contributed by atoms with van der Waals surface area (Å²) in [6.45, 7) is 3.53. The molecule has 0 atom stereocenters. The van der Waals surface area contributed by atoms with Crippen molar-refractivity contribution in [1.82, 2.24) is 10.6 Å². The van der Waals surface area contributed by atoms with Gasteiger partial charge in [-0.2, -0.15) is 9.13 Å². The lowest BCUT2D eigenvalue weighted by Crippen LogP contribution is -3.00. The van der Waals surface area contributed by atoms with Gasteiger partial charge in [0.2, 0.25) is 33.9 Å². The van der Waals surface area contributed by atoms with Crippen molar-refractivity contribution in [3.63, 3.8) is 0 Å². The first-order chi connectivity index (χ1) is 29.4. The molecule has 2 amide bonds. The number of ether oxygens (including phenoxy) is 1. The Bertz CT molecular complexity index is 2160. The van der Waals surface area contributed by atoms with E-state index in [4.69, 9.17) is 4.74 Å². The summed E-state index contributed by atoms with van der Waals surface area (Å²) < 4.78 is 10.6. The molecule has 340 valence electrons. The maximum atomic E-state index is 12.6. The number of anilines is 4. The smallest absolute Gasteiger partial charge is 0.220 e. The Morgan fingerprint density at radius 1 is 0.444 bits per heavy atom. The molecule has 11 nitrogen and oxygen atoms in total. The van der Waals surface area contributed by atoms with Crippen LogP contribution in [-0.4, -0.2) is 94.5 Å². The van der Waals surface area contributed by atoms with Crippen molar-refractivity contribution in [2.45, 2.75) is 64.5 Å². The van der Waals surface area contributed by atoms with E-state index in [1.165, 1.54) is 66.4 Å². The Labute approximate surface area is 409 Å². The molecule has 13 heteroatoms. The molecule has 2 heterocycles. The van der Waals surface area contributed by atoms with E-state index >= 15 is 0 Å². The molecule has 63 heavy (non-hydrogen) atoms. The van der Waals surface area contributed by atoms with Crippen LogP contribution in [0.5, 0.6) is 0 Å². The molecule has 0 aliphatic heterocycles. The maximum Gasteiger partial charge on any atom is 0.220 e. The highest BCUT2D eigenvalue weighted by atomic mass is 127. The number of halogens is 2. The number of nitrogens with one attached hydrogen (secondary N) is 2. The number of hydrogen-bond acceptors (Lipinski definition) is 7. The van der Waals surface area contributed by atoms with E-state index in [1.807, 2.05) is 0 Å². The van der Waals surface area contributed by atoms with Crippen molar-refractivity contribution in [3.8, 4) is 0 Å². The molecule has 6 rings (SSSR count). The van der Waals surface area contributed by atoms with Crippen molar-refractivity contribution in [2.75, 3.05) is 102 Å². The van der Waals surface area contributed by atoms with Crippen LogP contribution in [0.25, 0.3) is 43.6 Å². The number of fused-ring (bicyclic) bond motifs is 4. The van der Waals surface area contributed by atoms with Gasteiger partial charge < -0.3 is 82.9 Å². The number of carbonyl (C=O) groups is 2. The van der Waals surface area contributed by atoms with Crippen molar-refractivity contribution in [2.24, 2.45) is 0 Å². The molecular formula is C50H68I2N8O3. The number of nitrogens with zero attached hydrogens (tertiary/aromatic N) is 6. The van der Waals surface area contributed by atoms with Gasteiger partial charge in [-0.3, -0.25) is 9.59 Å². The van der Waals surface area contributed by atoms with Gasteiger partial charge in [0.15, 0.2) is 0 Å². The second-order valence-electron chi connectivity index (χ2n) is 17.1. The van der Waals surface area contributed by atoms with Crippen LogP contribution in [0, 0.1) is 0 Å². The molecule has 0 aliphatic rings. The first-order valence-electron chi connectivity index (χ1n) is 22.0. The number of amides is 2. The van der Waals surface area contributed by atoms with Gasteiger partial charge in [-0.15, -0.1) is 0 Å². The van der Waals surface area contributed by atoms with E-state index < -0.39 is 0 Å². The number of unbranched alkanes of at least 4 members (excludes halogenated alkanes) is 4. The predicted octanol–water partition coefficient (Wildman–Crippen LogP) is 1.22. The van der Waals surface area contributed by atoms with Crippen LogP contribution < -0.4 is 87.3 Å². The van der Waals surface area contributed by atoms with Crippen LogP contribution in [0.15, 0.2) is 84.9 Å². The molecule has 0 aliphatic carbocycles. The summed E-state index contributed by atoms with van der Waals surface area (Å²) >= 11 is 0. The number of hydrogen-bond donors (Lipinski definition) is 2. The normalized spacial score (nSPS) is 11.0. The fourth-order valence-electron chi connectivity index (χ4n) is 8.01. The Morgan fingerprint density at radius 3 is 1.03 bits per heavy atom. The summed E-state index contributed by atoms with van der Waals surface area (Å²) in [6, 6.07) is 31.2. The fourth-order valence-corrected chi connectivity index (χ4v) is 8.01. The average Bonchev–Trinajstić information content (AvgIpc) is 3.24. The summed E-state index contributed by atoms with van der Waals surface area (Å²) in [6.07, 6.45) is 6.56. The first kappa shape index (κ1) is 51.4. The van der Waals surface area contributed by atoms with E-state index in [0.29, 0.717) is 39.1 Å². The van der Waals surface area contributed by atoms with Crippen molar-refractivity contribution in [3.05, 3.63) is 84.9 Å². The van der Waals surface area contributed by atoms with Gasteiger partial charge in [-0.1, -0.05) is 0 Å². The number of rotatable bonds is 22. The highest BCUT2D eigenvalue weighted by molar-refractivity contribution is 5.92. The van der Waals surface area contributed by atoms with Crippen LogP contribution in [0.3, 0.4) is 0 Å². The lowest BCUT2D eigenvalue weighted by molar-refractivity contribution is -0.646. The predicted molar refractivity (Wildman–Crippen MR) is 254 cm³/mol. The third kappa shape index (κ3) is 13.9. The van der Waals surface area contributed by atoms with Gasteiger partial charge in [0.1, 0.15) is 13.1 Å². The van der Waals surface area contributed by atoms with E-state index in [0.717, 1.165) is 51.6 Å². The number of aromatic nitrogens is 2. The molecule has 2 N–H and O–H groups in total. The molecule has 4 aromatic carbocycles. The molecule has 2 aromatic heterocycles. The van der Waals surface area contributed by atoms with Gasteiger partial charge >= 0.3 is 0 Å². The number of aryl methyl sites for hydroxylation is 2. The quantitative estimate of drug-likeness (QED) is 0.0459. The molecule has 0 fully saturated rings. The molecular weight excluding hydrogens is 1010 g/mol. The van der Waals surface area contributed by atoms with Crippen molar-refractivity contribution in [1.29, 1.82) is 0 Å². The summed E-state index contributed by atoms with van der Waals surface area (Å²) in [5.74, 6) is 0.102.